The molecule has 0 saturated carbocycles. The molecule has 3 N–H and O–H groups in total. The first-order valence-electron chi connectivity index (χ1n) is 4.92. The van der Waals surface area contributed by atoms with Crippen molar-refractivity contribution in [2.24, 2.45) is 5.73 Å². The molecule has 4 nitrogen and oxygen atoms in total. The van der Waals surface area contributed by atoms with Crippen molar-refractivity contribution in [1.29, 1.82) is 0 Å². The summed E-state index contributed by atoms with van der Waals surface area (Å²) in [5.41, 5.74) is 6.09. The van der Waals surface area contributed by atoms with E-state index < -0.39 is 18.1 Å². The molecule has 0 amide bonds. The molecule has 0 aromatic heterocycles. The van der Waals surface area contributed by atoms with E-state index in [0.29, 0.717) is 10.6 Å². The predicted octanol–water partition coefficient (Wildman–Crippen LogP) is 1.26. The highest BCUT2D eigenvalue weighted by Gasteiger charge is 2.25. The summed E-state index contributed by atoms with van der Waals surface area (Å²) in [6.07, 6.45) is -1.09. The van der Waals surface area contributed by atoms with Gasteiger partial charge in [-0.2, -0.15) is 0 Å². The van der Waals surface area contributed by atoms with E-state index >= 15 is 0 Å². The number of esters is 1. The summed E-state index contributed by atoms with van der Waals surface area (Å²) in [5.74, 6) is -0.620. The molecule has 0 fully saturated rings. The Morgan fingerprint density at radius 2 is 2.06 bits per heavy atom. The van der Waals surface area contributed by atoms with Gasteiger partial charge in [0.25, 0.3) is 0 Å². The molecule has 0 aliphatic heterocycles. The summed E-state index contributed by atoms with van der Waals surface area (Å²) in [7, 11) is 0. The molecule has 0 heterocycles. The van der Waals surface area contributed by atoms with E-state index in [0.717, 1.165) is 0 Å². The van der Waals surface area contributed by atoms with Crippen LogP contribution in [0.15, 0.2) is 24.3 Å². The van der Waals surface area contributed by atoms with Crippen LogP contribution in [0.4, 0.5) is 0 Å². The topological polar surface area (TPSA) is 72.5 Å². The number of halogens is 1. The van der Waals surface area contributed by atoms with Gasteiger partial charge in [0.2, 0.25) is 0 Å². The second-order valence-corrected chi connectivity index (χ2v) is 3.71. The summed E-state index contributed by atoms with van der Waals surface area (Å²) in [4.78, 5) is 11.3. The van der Waals surface area contributed by atoms with Crippen molar-refractivity contribution < 1.29 is 14.6 Å². The fourth-order valence-electron chi connectivity index (χ4n) is 1.23. The number of ether oxygens (including phenoxy) is 1. The van der Waals surface area contributed by atoms with E-state index in [4.69, 9.17) is 22.1 Å². The highest BCUT2D eigenvalue weighted by molar-refractivity contribution is 6.30. The van der Waals surface area contributed by atoms with Crippen molar-refractivity contribution in [3.05, 3.63) is 34.9 Å². The molecule has 0 aliphatic carbocycles. The molecule has 0 aliphatic rings. The van der Waals surface area contributed by atoms with Gasteiger partial charge in [-0.3, -0.25) is 4.79 Å². The van der Waals surface area contributed by atoms with Gasteiger partial charge in [-0.1, -0.05) is 23.7 Å². The Morgan fingerprint density at radius 3 is 2.56 bits per heavy atom. The first kappa shape index (κ1) is 13.0. The molecule has 88 valence electrons. The maximum atomic E-state index is 11.3. The van der Waals surface area contributed by atoms with Crippen LogP contribution in [0.25, 0.3) is 0 Å². The van der Waals surface area contributed by atoms with Gasteiger partial charge in [-0.15, -0.1) is 0 Å². The third-order valence-corrected chi connectivity index (χ3v) is 2.36. The Morgan fingerprint density at radius 1 is 1.50 bits per heavy atom. The second kappa shape index (κ2) is 5.84. The number of aliphatic hydroxyl groups is 1. The summed E-state index contributed by atoms with van der Waals surface area (Å²) in [6.45, 7) is 1.92. The Balaban J connectivity index is 2.73. The normalized spacial score (nSPS) is 14.2. The zero-order valence-corrected chi connectivity index (χ0v) is 9.65. The lowest BCUT2D eigenvalue weighted by Crippen LogP contribution is -2.38. The first-order valence-corrected chi connectivity index (χ1v) is 5.29. The van der Waals surface area contributed by atoms with Crippen molar-refractivity contribution >= 4 is 17.6 Å². The zero-order chi connectivity index (χ0) is 12.1. The van der Waals surface area contributed by atoms with Crippen molar-refractivity contribution in [3.63, 3.8) is 0 Å². The number of hydrogen-bond acceptors (Lipinski definition) is 4. The fourth-order valence-corrected chi connectivity index (χ4v) is 1.36. The van der Waals surface area contributed by atoms with Crippen LogP contribution in [0, 0.1) is 0 Å². The lowest BCUT2D eigenvalue weighted by molar-refractivity contribution is -0.147. The third kappa shape index (κ3) is 3.20. The number of benzene rings is 1. The summed E-state index contributed by atoms with van der Waals surface area (Å²) < 4.78 is 4.72. The van der Waals surface area contributed by atoms with Crippen LogP contribution in [0.1, 0.15) is 18.6 Å². The van der Waals surface area contributed by atoms with E-state index in [9.17, 15) is 9.90 Å². The Bertz CT molecular complexity index is 353. The van der Waals surface area contributed by atoms with Gasteiger partial charge in [0.05, 0.1) is 6.61 Å². The van der Waals surface area contributed by atoms with E-state index in [1.807, 2.05) is 0 Å². The Hall–Kier alpha value is -1.10. The van der Waals surface area contributed by atoms with Crippen molar-refractivity contribution in [3.8, 4) is 0 Å². The summed E-state index contributed by atoms with van der Waals surface area (Å²) >= 11 is 5.70. The van der Waals surface area contributed by atoms with E-state index in [1.165, 1.54) is 0 Å². The first-order chi connectivity index (χ1) is 7.56. The van der Waals surface area contributed by atoms with Gasteiger partial charge >= 0.3 is 5.97 Å². The van der Waals surface area contributed by atoms with Crippen LogP contribution in [0.3, 0.4) is 0 Å². The van der Waals surface area contributed by atoms with Gasteiger partial charge < -0.3 is 15.6 Å². The van der Waals surface area contributed by atoms with E-state index in [-0.39, 0.29) is 6.61 Å². The van der Waals surface area contributed by atoms with Crippen molar-refractivity contribution in [2.75, 3.05) is 6.61 Å². The number of carbonyl (C=O) groups excluding carboxylic acids is 1. The van der Waals surface area contributed by atoms with Crippen LogP contribution in [0.2, 0.25) is 5.02 Å². The average Bonchev–Trinajstić information content (AvgIpc) is 2.28. The maximum Gasteiger partial charge on any atom is 0.325 e. The molecular formula is C11H14ClNO3. The van der Waals surface area contributed by atoms with E-state index in [2.05, 4.69) is 0 Å². The molecular weight excluding hydrogens is 230 g/mol. The Labute approximate surface area is 99.0 Å². The van der Waals surface area contributed by atoms with Crippen molar-refractivity contribution in [1.82, 2.24) is 0 Å². The SMILES string of the molecule is CCOC(=O)[C@H](N)[C@@H](O)c1ccc(Cl)cc1. The molecule has 16 heavy (non-hydrogen) atoms. The number of hydrogen-bond donors (Lipinski definition) is 2. The highest BCUT2D eigenvalue weighted by Crippen LogP contribution is 2.19. The maximum absolute atomic E-state index is 11.3. The van der Waals surface area contributed by atoms with Gasteiger partial charge in [0, 0.05) is 5.02 Å². The third-order valence-electron chi connectivity index (χ3n) is 2.11. The van der Waals surface area contributed by atoms with Gasteiger partial charge in [-0.25, -0.2) is 0 Å². The highest BCUT2D eigenvalue weighted by atomic mass is 35.5. The monoisotopic (exact) mass is 243 g/mol. The van der Waals surface area contributed by atoms with Crippen LogP contribution >= 0.6 is 11.6 Å². The minimum atomic E-state index is -1.09. The molecule has 1 rings (SSSR count). The van der Waals surface area contributed by atoms with Crippen LogP contribution in [-0.4, -0.2) is 23.7 Å². The quantitative estimate of drug-likeness (QED) is 0.781. The number of carbonyl (C=O) groups is 1. The molecule has 0 saturated heterocycles. The molecule has 1 aromatic rings. The Kier molecular flexibility index (Phi) is 4.73. The minimum Gasteiger partial charge on any atom is -0.465 e. The van der Waals surface area contributed by atoms with E-state index in [1.54, 1.807) is 31.2 Å². The van der Waals surface area contributed by atoms with Gasteiger partial charge in [0.15, 0.2) is 0 Å². The minimum absolute atomic E-state index is 0.236. The van der Waals surface area contributed by atoms with Crippen molar-refractivity contribution in [2.45, 2.75) is 19.1 Å². The summed E-state index contributed by atoms with van der Waals surface area (Å²) in [6, 6.07) is 5.40. The second-order valence-electron chi connectivity index (χ2n) is 3.27. The van der Waals surface area contributed by atoms with Gasteiger partial charge in [-0.05, 0) is 24.6 Å². The predicted molar refractivity (Wildman–Crippen MR) is 61.0 cm³/mol. The molecule has 5 heteroatoms. The van der Waals surface area contributed by atoms with Crippen LogP contribution in [-0.2, 0) is 9.53 Å². The fraction of sp³-hybridized carbons (Fsp3) is 0.364. The molecule has 0 bridgehead atoms. The van der Waals surface area contributed by atoms with Crippen LogP contribution in [0.5, 0.6) is 0 Å². The molecule has 0 radical (unpaired) electrons. The molecule has 0 spiro atoms. The standard InChI is InChI=1S/C11H14ClNO3/c1-2-16-11(15)9(13)10(14)7-3-5-8(12)6-4-7/h3-6,9-10,14H,2,13H2,1H3/t9-,10+/m1/s1. The van der Waals surface area contributed by atoms with Gasteiger partial charge in [0.1, 0.15) is 12.1 Å². The molecule has 1 aromatic carbocycles. The number of aliphatic hydroxyl groups excluding tert-OH is 1. The number of rotatable bonds is 4. The smallest absolute Gasteiger partial charge is 0.325 e. The molecule has 0 unspecified atom stereocenters. The molecule has 2 atom stereocenters. The number of nitrogens with two attached hydrogens (primary N) is 1. The summed E-state index contributed by atoms with van der Waals surface area (Å²) in [5, 5.41) is 10.4. The largest absolute Gasteiger partial charge is 0.465 e. The lowest BCUT2D eigenvalue weighted by atomic mass is 10.0. The van der Waals surface area contributed by atoms with Crippen LogP contribution < -0.4 is 5.73 Å². The average molecular weight is 244 g/mol. The zero-order valence-electron chi connectivity index (χ0n) is 8.89. The lowest BCUT2D eigenvalue weighted by Gasteiger charge is -2.17.